The Balaban J connectivity index is 1.71. The van der Waals surface area contributed by atoms with Gasteiger partial charge in [-0.1, -0.05) is 28.9 Å². The van der Waals surface area contributed by atoms with Gasteiger partial charge in [0.05, 0.1) is 17.8 Å². The molecule has 0 radical (unpaired) electrons. The maximum absolute atomic E-state index is 13.2. The number of nitrogens with zero attached hydrogens (tertiary/aromatic N) is 1. The van der Waals surface area contributed by atoms with E-state index in [9.17, 15) is 22.8 Å². The van der Waals surface area contributed by atoms with Crippen molar-refractivity contribution in [2.45, 2.75) is 39.0 Å². The third-order valence-electron chi connectivity index (χ3n) is 5.14. The van der Waals surface area contributed by atoms with E-state index in [1.165, 1.54) is 0 Å². The fourth-order valence-electron chi connectivity index (χ4n) is 3.44. The van der Waals surface area contributed by atoms with Gasteiger partial charge in [-0.05, 0) is 56.2 Å². The fourth-order valence-corrected chi connectivity index (χ4v) is 3.44. The number of hydrogen-bond donors (Lipinski definition) is 2. The van der Waals surface area contributed by atoms with Crippen LogP contribution in [0.15, 0.2) is 47.6 Å². The zero-order chi connectivity index (χ0) is 23.5. The van der Waals surface area contributed by atoms with Crippen molar-refractivity contribution in [1.29, 1.82) is 0 Å². The van der Waals surface area contributed by atoms with Gasteiger partial charge in [-0.3, -0.25) is 9.59 Å². The van der Waals surface area contributed by atoms with Crippen molar-refractivity contribution in [3.63, 3.8) is 0 Å². The van der Waals surface area contributed by atoms with Crippen molar-refractivity contribution in [2.75, 3.05) is 13.1 Å². The quantitative estimate of drug-likeness (QED) is 0.705. The first-order valence-corrected chi connectivity index (χ1v) is 10.1. The minimum atomic E-state index is -4.45. The smallest absolute Gasteiger partial charge is 0.384 e. The monoisotopic (exact) mass is 447 g/mol. The van der Waals surface area contributed by atoms with Crippen molar-refractivity contribution >= 4 is 17.5 Å². The van der Waals surface area contributed by atoms with Gasteiger partial charge in [0.25, 0.3) is 5.91 Å². The van der Waals surface area contributed by atoms with Crippen molar-refractivity contribution < 1.29 is 27.6 Å². The first-order valence-electron chi connectivity index (χ1n) is 10.1. The van der Waals surface area contributed by atoms with Crippen LogP contribution in [0.1, 0.15) is 52.9 Å². The van der Waals surface area contributed by atoms with Crippen LogP contribution in [0.2, 0.25) is 0 Å². The van der Waals surface area contributed by atoms with Crippen molar-refractivity contribution in [1.82, 2.24) is 10.6 Å². The Morgan fingerprint density at radius 3 is 2.44 bits per heavy atom. The van der Waals surface area contributed by atoms with E-state index < -0.39 is 23.2 Å². The number of carbonyl (C=O) groups is 2. The lowest BCUT2D eigenvalue weighted by Crippen LogP contribution is -2.36. The zero-order valence-electron chi connectivity index (χ0n) is 18.0. The highest BCUT2D eigenvalue weighted by atomic mass is 19.4. The predicted octanol–water partition coefficient (Wildman–Crippen LogP) is 3.92. The van der Waals surface area contributed by atoms with Gasteiger partial charge in [0, 0.05) is 18.5 Å². The second kappa shape index (κ2) is 9.02. The molecule has 2 aromatic rings. The van der Waals surface area contributed by atoms with Gasteiger partial charge in [0.2, 0.25) is 5.91 Å². The number of aryl methyl sites for hydroxylation is 1. The van der Waals surface area contributed by atoms with Crippen molar-refractivity contribution in [2.24, 2.45) is 5.16 Å². The maximum atomic E-state index is 13.2. The molecule has 1 heterocycles. The van der Waals surface area contributed by atoms with Gasteiger partial charge < -0.3 is 15.5 Å². The molecular formula is C23H24F3N3O3. The highest BCUT2D eigenvalue weighted by Gasteiger charge is 2.39. The molecule has 0 aliphatic carbocycles. The molecule has 1 aliphatic heterocycles. The minimum absolute atomic E-state index is 0.121. The summed E-state index contributed by atoms with van der Waals surface area (Å²) >= 11 is 0. The summed E-state index contributed by atoms with van der Waals surface area (Å²) in [6, 6.07) is 10.4. The molecule has 0 spiro atoms. The normalized spacial score (nSPS) is 18.0. The highest BCUT2D eigenvalue weighted by Crippen LogP contribution is 2.39. The molecule has 0 saturated heterocycles. The molecule has 2 amide bonds. The average molecular weight is 447 g/mol. The van der Waals surface area contributed by atoms with Crippen LogP contribution in [-0.2, 0) is 21.4 Å². The van der Waals surface area contributed by atoms with E-state index in [-0.39, 0.29) is 18.9 Å². The number of nitrogens with one attached hydrogen (secondary N) is 2. The summed E-state index contributed by atoms with van der Waals surface area (Å²) < 4.78 is 39.7. The summed E-state index contributed by atoms with van der Waals surface area (Å²) in [6.45, 7) is 5.44. The summed E-state index contributed by atoms with van der Waals surface area (Å²) in [7, 11) is 0. The second-order valence-electron chi connectivity index (χ2n) is 7.84. The van der Waals surface area contributed by atoms with E-state index >= 15 is 0 Å². The molecule has 0 fully saturated rings. The highest BCUT2D eigenvalue weighted by molar-refractivity contribution is 6.03. The van der Waals surface area contributed by atoms with Crippen LogP contribution in [0.25, 0.3) is 0 Å². The van der Waals surface area contributed by atoms with Crippen LogP contribution >= 0.6 is 0 Å². The van der Waals surface area contributed by atoms with E-state index in [1.54, 1.807) is 51.1 Å². The van der Waals surface area contributed by atoms with Crippen LogP contribution in [-0.4, -0.2) is 30.6 Å². The SMILES string of the molecule is CCNC(=O)CNC(=O)c1ccc(C2=NOC(C)(c3cc(C)cc(C(F)(F)F)c3)C2)cc1. The molecule has 32 heavy (non-hydrogen) atoms. The van der Waals surface area contributed by atoms with Crippen LogP contribution < -0.4 is 10.6 Å². The lowest BCUT2D eigenvalue weighted by atomic mass is 9.87. The van der Waals surface area contributed by atoms with Gasteiger partial charge in [-0.15, -0.1) is 0 Å². The molecule has 0 bridgehead atoms. The maximum Gasteiger partial charge on any atom is 0.416 e. The number of hydrogen-bond acceptors (Lipinski definition) is 4. The Kier molecular flexibility index (Phi) is 6.57. The largest absolute Gasteiger partial charge is 0.416 e. The van der Waals surface area contributed by atoms with Gasteiger partial charge in [-0.25, -0.2) is 0 Å². The summed E-state index contributed by atoms with van der Waals surface area (Å²) in [5.74, 6) is -0.671. The Labute approximate surface area is 183 Å². The first kappa shape index (κ1) is 23.3. The zero-order valence-corrected chi connectivity index (χ0v) is 18.0. The fraction of sp³-hybridized carbons (Fsp3) is 0.348. The molecule has 1 aliphatic rings. The molecule has 6 nitrogen and oxygen atoms in total. The third-order valence-corrected chi connectivity index (χ3v) is 5.14. The molecule has 0 aromatic heterocycles. The van der Waals surface area contributed by atoms with E-state index in [0.717, 1.165) is 12.1 Å². The Morgan fingerprint density at radius 2 is 1.81 bits per heavy atom. The molecular weight excluding hydrogens is 423 g/mol. The van der Waals surface area contributed by atoms with Gasteiger partial charge in [0.15, 0.2) is 5.60 Å². The van der Waals surface area contributed by atoms with Crippen LogP contribution in [0.4, 0.5) is 13.2 Å². The van der Waals surface area contributed by atoms with Gasteiger partial charge >= 0.3 is 6.18 Å². The number of oxime groups is 1. The number of likely N-dealkylation sites (N-methyl/N-ethyl adjacent to an activating group) is 1. The van der Waals surface area contributed by atoms with Crippen LogP contribution in [0, 0.1) is 6.92 Å². The Bertz CT molecular complexity index is 1050. The molecule has 1 atom stereocenters. The number of carbonyl (C=O) groups excluding carboxylic acids is 2. The molecule has 2 N–H and O–H groups in total. The van der Waals surface area contributed by atoms with E-state index in [0.29, 0.717) is 34.5 Å². The number of amides is 2. The lowest BCUT2D eigenvalue weighted by Gasteiger charge is -2.23. The molecule has 170 valence electrons. The Hall–Kier alpha value is -3.36. The van der Waals surface area contributed by atoms with Crippen molar-refractivity contribution in [3.8, 4) is 0 Å². The number of benzene rings is 2. The number of halogens is 3. The topological polar surface area (TPSA) is 79.8 Å². The van der Waals surface area contributed by atoms with E-state index in [2.05, 4.69) is 15.8 Å². The number of rotatable bonds is 6. The molecule has 3 rings (SSSR count). The minimum Gasteiger partial charge on any atom is -0.384 e. The second-order valence-corrected chi connectivity index (χ2v) is 7.84. The standard InChI is InChI=1S/C23H24F3N3O3/c1-4-27-20(30)13-28-21(31)16-7-5-15(6-8-16)19-12-22(3,32-29-19)17-9-14(2)10-18(11-17)23(24,25)26/h5-11H,4,12-13H2,1-3H3,(H,27,30)(H,28,31). The average Bonchev–Trinajstić information content (AvgIpc) is 3.15. The predicted molar refractivity (Wildman–Crippen MR) is 113 cm³/mol. The Morgan fingerprint density at radius 1 is 1.12 bits per heavy atom. The van der Waals surface area contributed by atoms with Gasteiger partial charge in [-0.2, -0.15) is 13.2 Å². The summed E-state index contributed by atoms with van der Waals surface area (Å²) in [6.07, 6.45) is -4.18. The molecule has 2 aromatic carbocycles. The van der Waals surface area contributed by atoms with Gasteiger partial charge in [0.1, 0.15) is 0 Å². The van der Waals surface area contributed by atoms with E-state index in [1.807, 2.05) is 0 Å². The molecule has 9 heteroatoms. The lowest BCUT2D eigenvalue weighted by molar-refractivity contribution is -0.137. The first-order chi connectivity index (χ1) is 15.0. The molecule has 1 unspecified atom stereocenters. The van der Waals surface area contributed by atoms with Crippen LogP contribution in [0.5, 0.6) is 0 Å². The third kappa shape index (κ3) is 5.27. The molecule has 0 saturated carbocycles. The summed E-state index contributed by atoms with van der Waals surface area (Å²) in [5, 5.41) is 9.21. The van der Waals surface area contributed by atoms with E-state index in [4.69, 9.17) is 4.84 Å². The number of alkyl halides is 3. The summed E-state index contributed by atoms with van der Waals surface area (Å²) in [5.41, 5.74) is 0.738. The summed E-state index contributed by atoms with van der Waals surface area (Å²) in [4.78, 5) is 29.2. The van der Waals surface area contributed by atoms with Crippen molar-refractivity contribution in [3.05, 3.63) is 70.3 Å². The van der Waals surface area contributed by atoms with Crippen LogP contribution in [0.3, 0.4) is 0 Å².